The average molecular weight is 284 g/mol. The molecule has 0 aliphatic rings. The molecule has 1 unspecified atom stereocenters. The summed E-state index contributed by atoms with van der Waals surface area (Å²) in [6.07, 6.45) is 0. The summed E-state index contributed by atoms with van der Waals surface area (Å²) in [5, 5.41) is 12.4. The highest BCUT2D eigenvalue weighted by atomic mass is 16.3. The van der Waals surface area contributed by atoms with Crippen molar-refractivity contribution in [3.63, 3.8) is 0 Å². The van der Waals surface area contributed by atoms with Crippen molar-refractivity contribution < 1.29 is 9.90 Å². The molecule has 0 radical (unpaired) electrons. The van der Waals surface area contributed by atoms with Gasteiger partial charge in [0.15, 0.2) is 0 Å². The number of amides is 1. The smallest absolute Gasteiger partial charge is 0.253 e. The number of rotatable bonds is 3. The number of phenols is 1. The van der Waals surface area contributed by atoms with Crippen molar-refractivity contribution >= 4 is 11.6 Å². The predicted molar refractivity (Wildman–Crippen MR) is 84.3 cm³/mol. The lowest BCUT2D eigenvalue weighted by Gasteiger charge is -2.18. The van der Waals surface area contributed by atoms with E-state index in [1.165, 1.54) is 23.8 Å². The van der Waals surface area contributed by atoms with Gasteiger partial charge in [-0.15, -0.1) is 0 Å². The number of benzene rings is 2. The maximum atomic E-state index is 12.3. The average Bonchev–Trinajstić information content (AvgIpc) is 2.41. The van der Waals surface area contributed by atoms with E-state index in [1.807, 2.05) is 32.9 Å². The molecule has 2 aromatic carbocycles. The Morgan fingerprint density at radius 1 is 1.19 bits per heavy atom. The van der Waals surface area contributed by atoms with Gasteiger partial charge in [0, 0.05) is 5.69 Å². The molecule has 2 rings (SSSR count). The van der Waals surface area contributed by atoms with Crippen LogP contribution in [0.4, 0.5) is 5.69 Å². The van der Waals surface area contributed by atoms with Crippen LogP contribution in [0.3, 0.4) is 0 Å². The van der Waals surface area contributed by atoms with E-state index in [4.69, 9.17) is 5.73 Å². The number of phenolic OH excluding ortho intramolecular Hbond substituents is 1. The maximum absolute atomic E-state index is 12.3. The zero-order valence-electron chi connectivity index (χ0n) is 12.5. The number of anilines is 1. The van der Waals surface area contributed by atoms with Gasteiger partial charge in [0.1, 0.15) is 5.75 Å². The van der Waals surface area contributed by atoms with E-state index in [-0.39, 0.29) is 23.3 Å². The van der Waals surface area contributed by atoms with Crippen LogP contribution in [0.5, 0.6) is 5.75 Å². The minimum atomic E-state index is -0.295. The first-order valence-electron chi connectivity index (χ1n) is 6.85. The van der Waals surface area contributed by atoms with Crippen LogP contribution in [0.1, 0.15) is 40.0 Å². The number of hydrogen-bond donors (Lipinski definition) is 3. The number of aromatic hydroxyl groups is 1. The van der Waals surface area contributed by atoms with Gasteiger partial charge in [-0.3, -0.25) is 4.79 Å². The molecule has 0 aliphatic carbocycles. The van der Waals surface area contributed by atoms with Crippen LogP contribution in [-0.4, -0.2) is 11.0 Å². The Morgan fingerprint density at radius 2 is 1.90 bits per heavy atom. The van der Waals surface area contributed by atoms with Crippen molar-refractivity contribution in [3.05, 3.63) is 58.7 Å². The molecular formula is C17H20N2O2. The summed E-state index contributed by atoms with van der Waals surface area (Å²) in [4.78, 5) is 12.3. The first-order chi connectivity index (χ1) is 9.88. The normalized spacial score (nSPS) is 12.0. The molecule has 4 heteroatoms. The summed E-state index contributed by atoms with van der Waals surface area (Å²) in [5.41, 5.74) is 9.79. The lowest BCUT2D eigenvalue weighted by Crippen LogP contribution is -2.27. The molecule has 0 fully saturated rings. The number of nitrogens with one attached hydrogen (secondary N) is 1. The molecule has 0 spiro atoms. The zero-order chi connectivity index (χ0) is 15.6. The number of carbonyl (C=O) groups excluding carboxylic acids is 1. The fourth-order valence-corrected chi connectivity index (χ4v) is 2.40. The molecular weight excluding hydrogens is 264 g/mol. The Labute approximate surface area is 124 Å². The minimum absolute atomic E-state index is 0.0218. The van der Waals surface area contributed by atoms with Crippen molar-refractivity contribution in [2.75, 3.05) is 5.73 Å². The lowest BCUT2D eigenvalue weighted by atomic mass is 10.00. The van der Waals surface area contributed by atoms with Gasteiger partial charge in [-0.25, -0.2) is 0 Å². The van der Waals surface area contributed by atoms with Gasteiger partial charge in [-0.1, -0.05) is 23.8 Å². The van der Waals surface area contributed by atoms with Gasteiger partial charge in [0.05, 0.1) is 11.6 Å². The summed E-state index contributed by atoms with van der Waals surface area (Å²) < 4.78 is 0. The molecule has 1 atom stereocenters. The van der Waals surface area contributed by atoms with Crippen LogP contribution in [0.2, 0.25) is 0 Å². The number of carbonyl (C=O) groups is 1. The van der Waals surface area contributed by atoms with Gasteiger partial charge in [-0.2, -0.15) is 0 Å². The zero-order valence-corrected chi connectivity index (χ0v) is 12.5. The molecule has 2 aromatic rings. The van der Waals surface area contributed by atoms with Gasteiger partial charge in [0.2, 0.25) is 0 Å². The quantitative estimate of drug-likeness (QED) is 0.599. The molecule has 1 amide bonds. The predicted octanol–water partition coefficient (Wildman–Crippen LogP) is 3.08. The monoisotopic (exact) mass is 284 g/mol. The Kier molecular flexibility index (Phi) is 4.17. The summed E-state index contributed by atoms with van der Waals surface area (Å²) >= 11 is 0. The van der Waals surface area contributed by atoms with Crippen LogP contribution >= 0.6 is 0 Å². The molecule has 0 aromatic heterocycles. The highest BCUT2D eigenvalue weighted by molar-refractivity contribution is 5.99. The number of nitrogens with two attached hydrogens (primary N) is 1. The second kappa shape index (κ2) is 5.87. The first-order valence-corrected chi connectivity index (χ1v) is 6.85. The highest BCUT2D eigenvalue weighted by Gasteiger charge is 2.15. The molecule has 0 saturated carbocycles. The standard InChI is InChI=1S/C17H20N2O2/c1-10-4-6-14(11(2)8-10)12(3)19-17(21)15-9-13(20)5-7-16(15)18/h4-9,12,20H,18H2,1-3H3,(H,19,21). The van der Waals surface area contributed by atoms with E-state index in [1.54, 1.807) is 0 Å². The Morgan fingerprint density at radius 3 is 2.57 bits per heavy atom. The SMILES string of the molecule is Cc1ccc(C(C)NC(=O)c2cc(O)ccc2N)c(C)c1. The van der Waals surface area contributed by atoms with Crippen molar-refractivity contribution in [1.29, 1.82) is 0 Å². The van der Waals surface area contributed by atoms with E-state index in [0.29, 0.717) is 5.69 Å². The fraction of sp³-hybridized carbons (Fsp3) is 0.235. The van der Waals surface area contributed by atoms with Crippen LogP contribution in [0.25, 0.3) is 0 Å². The van der Waals surface area contributed by atoms with E-state index in [9.17, 15) is 9.90 Å². The third-order valence-corrected chi connectivity index (χ3v) is 3.52. The third-order valence-electron chi connectivity index (χ3n) is 3.52. The van der Waals surface area contributed by atoms with Crippen LogP contribution in [0.15, 0.2) is 36.4 Å². The molecule has 0 saturated heterocycles. The molecule has 0 bridgehead atoms. The van der Waals surface area contributed by atoms with E-state index in [0.717, 1.165) is 11.1 Å². The largest absolute Gasteiger partial charge is 0.508 e. The number of nitrogen functional groups attached to an aromatic ring is 1. The third kappa shape index (κ3) is 3.34. The highest BCUT2D eigenvalue weighted by Crippen LogP contribution is 2.22. The van der Waals surface area contributed by atoms with Crippen molar-refractivity contribution in [2.24, 2.45) is 0 Å². The second-order valence-corrected chi connectivity index (χ2v) is 5.33. The Balaban J connectivity index is 2.20. The molecule has 4 N–H and O–H groups in total. The topological polar surface area (TPSA) is 75.3 Å². The number of hydrogen-bond acceptors (Lipinski definition) is 3. The minimum Gasteiger partial charge on any atom is -0.508 e. The van der Waals surface area contributed by atoms with Gasteiger partial charge in [-0.05, 0) is 50.1 Å². The van der Waals surface area contributed by atoms with Crippen LogP contribution < -0.4 is 11.1 Å². The maximum Gasteiger partial charge on any atom is 0.253 e. The lowest BCUT2D eigenvalue weighted by molar-refractivity contribution is 0.0940. The summed E-state index contributed by atoms with van der Waals surface area (Å²) in [6.45, 7) is 5.98. The van der Waals surface area contributed by atoms with Crippen LogP contribution in [-0.2, 0) is 0 Å². The van der Waals surface area contributed by atoms with Gasteiger partial charge in [0.25, 0.3) is 5.91 Å². The molecule has 4 nitrogen and oxygen atoms in total. The molecule has 21 heavy (non-hydrogen) atoms. The Bertz CT molecular complexity index is 680. The number of aryl methyl sites for hydroxylation is 2. The van der Waals surface area contributed by atoms with Gasteiger partial charge < -0.3 is 16.2 Å². The van der Waals surface area contributed by atoms with Crippen molar-refractivity contribution in [1.82, 2.24) is 5.32 Å². The molecule has 0 heterocycles. The van der Waals surface area contributed by atoms with E-state index >= 15 is 0 Å². The van der Waals surface area contributed by atoms with Crippen LogP contribution in [0, 0.1) is 13.8 Å². The first kappa shape index (κ1) is 14.9. The van der Waals surface area contributed by atoms with E-state index in [2.05, 4.69) is 11.4 Å². The van der Waals surface area contributed by atoms with Gasteiger partial charge >= 0.3 is 0 Å². The summed E-state index contributed by atoms with van der Waals surface area (Å²) in [7, 11) is 0. The molecule has 0 aliphatic heterocycles. The summed E-state index contributed by atoms with van der Waals surface area (Å²) in [6, 6.07) is 10.3. The van der Waals surface area contributed by atoms with E-state index < -0.39 is 0 Å². The molecule has 110 valence electrons. The summed E-state index contributed by atoms with van der Waals surface area (Å²) in [5.74, 6) is -0.274. The van der Waals surface area contributed by atoms with Crippen molar-refractivity contribution in [2.45, 2.75) is 26.8 Å². The fourth-order valence-electron chi connectivity index (χ4n) is 2.40. The Hall–Kier alpha value is -2.49. The second-order valence-electron chi connectivity index (χ2n) is 5.33. The van der Waals surface area contributed by atoms with Crippen molar-refractivity contribution in [3.8, 4) is 5.75 Å².